The molecule has 0 aromatic heterocycles. The van der Waals surface area contributed by atoms with Gasteiger partial charge >= 0.3 is 5.97 Å². The Kier molecular flexibility index (Phi) is 3.17. The Bertz CT molecular complexity index is 415. The van der Waals surface area contributed by atoms with E-state index in [9.17, 15) is 9.90 Å². The number of carboxylic acids is 1. The van der Waals surface area contributed by atoms with Crippen LogP contribution in [0.5, 0.6) is 0 Å². The second-order valence-electron chi connectivity index (χ2n) is 4.89. The summed E-state index contributed by atoms with van der Waals surface area (Å²) in [6.45, 7) is 1.58. The summed E-state index contributed by atoms with van der Waals surface area (Å²) >= 11 is 0. The molecule has 0 amide bonds. The summed E-state index contributed by atoms with van der Waals surface area (Å²) in [5, 5.41) is 19.1. The summed E-state index contributed by atoms with van der Waals surface area (Å²) in [6, 6.07) is 6.72. The number of hydrogen-bond donors (Lipinski definition) is 2. The minimum atomic E-state index is -0.920. The molecule has 2 rings (SSSR count). The molecular formula is C13H17NO3. The highest BCUT2D eigenvalue weighted by Crippen LogP contribution is 2.24. The molecule has 1 saturated heterocycles. The van der Waals surface area contributed by atoms with E-state index in [1.807, 2.05) is 7.05 Å². The number of carboxylic acid groups (broad SMARTS) is 1. The minimum absolute atomic E-state index is 0.282. The number of likely N-dealkylation sites (tertiary alicyclic amines) is 1. The molecule has 1 aliphatic heterocycles. The van der Waals surface area contributed by atoms with E-state index < -0.39 is 11.6 Å². The van der Waals surface area contributed by atoms with Crippen LogP contribution in [0.25, 0.3) is 0 Å². The SMILES string of the molecule is CN1CCC(O)(Cc2ccc(C(=O)O)cc2)C1. The van der Waals surface area contributed by atoms with Crippen LogP contribution in [-0.2, 0) is 6.42 Å². The molecular weight excluding hydrogens is 218 g/mol. The van der Waals surface area contributed by atoms with Crippen molar-refractivity contribution in [2.24, 2.45) is 0 Å². The van der Waals surface area contributed by atoms with Crippen LogP contribution in [0.3, 0.4) is 0 Å². The molecule has 92 valence electrons. The van der Waals surface area contributed by atoms with E-state index >= 15 is 0 Å². The van der Waals surface area contributed by atoms with Crippen LogP contribution in [0.15, 0.2) is 24.3 Å². The lowest BCUT2D eigenvalue weighted by Crippen LogP contribution is -2.34. The number of hydrogen-bond acceptors (Lipinski definition) is 3. The van der Waals surface area contributed by atoms with Gasteiger partial charge in [0.05, 0.1) is 11.2 Å². The first-order valence-electron chi connectivity index (χ1n) is 5.72. The van der Waals surface area contributed by atoms with Gasteiger partial charge in [-0.25, -0.2) is 4.79 Å². The Labute approximate surface area is 100 Å². The molecule has 1 unspecified atom stereocenters. The highest BCUT2D eigenvalue weighted by Gasteiger charge is 2.34. The topological polar surface area (TPSA) is 60.8 Å². The van der Waals surface area contributed by atoms with Gasteiger partial charge in [0.25, 0.3) is 0 Å². The van der Waals surface area contributed by atoms with Crippen molar-refractivity contribution in [2.75, 3.05) is 20.1 Å². The summed E-state index contributed by atoms with van der Waals surface area (Å²) in [5.41, 5.74) is 0.594. The second-order valence-corrected chi connectivity index (χ2v) is 4.89. The maximum atomic E-state index is 10.7. The van der Waals surface area contributed by atoms with E-state index in [-0.39, 0.29) is 5.56 Å². The predicted molar refractivity (Wildman–Crippen MR) is 64.2 cm³/mol. The fraction of sp³-hybridized carbons (Fsp3) is 0.462. The summed E-state index contributed by atoms with van der Waals surface area (Å²) in [5.74, 6) is -0.920. The van der Waals surface area contributed by atoms with E-state index in [0.29, 0.717) is 13.0 Å². The number of β-amino-alcohol motifs (C(OH)–C–C–N with tert-alkyl or cyclic N) is 1. The van der Waals surface area contributed by atoms with Crippen molar-refractivity contribution in [2.45, 2.75) is 18.4 Å². The van der Waals surface area contributed by atoms with Gasteiger partial charge in [-0.1, -0.05) is 12.1 Å². The molecule has 0 spiro atoms. The van der Waals surface area contributed by atoms with Gasteiger partial charge < -0.3 is 15.1 Å². The van der Waals surface area contributed by atoms with Crippen molar-refractivity contribution < 1.29 is 15.0 Å². The molecule has 0 aliphatic carbocycles. The predicted octanol–water partition coefficient (Wildman–Crippen LogP) is 0.994. The highest BCUT2D eigenvalue weighted by atomic mass is 16.4. The third-order valence-electron chi connectivity index (χ3n) is 3.26. The van der Waals surface area contributed by atoms with Gasteiger partial charge in [0.15, 0.2) is 0 Å². The Morgan fingerprint density at radius 3 is 2.53 bits per heavy atom. The minimum Gasteiger partial charge on any atom is -0.478 e. The molecule has 1 fully saturated rings. The zero-order valence-corrected chi connectivity index (χ0v) is 9.89. The molecule has 2 N–H and O–H groups in total. The Hall–Kier alpha value is -1.39. The van der Waals surface area contributed by atoms with Crippen molar-refractivity contribution >= 4 is 5.97 Å². The van der Waals surface area contributed by atoms with E-state index in [0.717, 1.165) is 18.5 Å². The first kappa shape index (κ1) is 12.1. The Balaban J connectivity index is 2.06. The monoisotopic (exact) mass is 235 g/mol. The van der Waals surface area contributed by atoms with Crippen LogP contribution in [0.4, 0.5) is 0 Å². The van der Waals surface area contributed by atoms with Crippen molar-refractivity contribution in [3.05, 3.63) is 35.4 Å². The van der Waals surface area contributed by atoms with Gasteiger partial charge in [-0.3, -0.25) is 0 Å². The number of aliphatic hydroxyl groups is 1. The average molecular weight is 235 g/mol. The van der Waals surface area contributed by atoms with Crippen LogP contribution in [-0.4, -0.2) is 46.8 Å². The third kappa shape index (κ3) is 2.84. The van der Waals surface area contributed by atoms with Gasteiger partial charge in [-0.2, -0.15) is 0 Å². The van der Waals surface area contributed by atoms with E-state index in [2.05, 4.69) is 4.90 Å². The van der Waals surface area contributed by atoms with Crippen molar-refractivity contribution in [1.29, 1.82) is 0 Å². The number of rotatable bonds is 3. The molecule has 1 aromatic carbocycles. The number of benzene rings is 1. The molecule has 1 aliphatic rings. The van der Waals surface area contributed by atoms with Crippen molar-refractivity contribution in [3.63, 3.8) is 0 Å². The average Bonchev–Trinajstić information content (AvgIpc) is 2.59. The summed E-state index contributed by atoms with van der Waals surface area (Å²) in [4.78, 5) is 12.8. The first-order chi connectivity index (χ1) is 7.98. The lowest BCUT2D eigenvalue weighted by Gasteiger charge is -2.22. The highest BCUT2D eigenvalue weighted by molar-refractivity contribution is 5.87. The van der Waals surface area contributed by atoms with E-state index in [1.165, 1.54) is 0 Å². The second kappa shape index (κ2) is 4.47. The number of nitrogens with zero attached hydrogens (tertiary/aromatic N) is 1. The van der Waals surface area contributed by atoms with Crippen LogP contribution in [0, 0.1) is 0 Å². The number of likely N-dealkylation sites (N-methyl/N-ethyl adjacent to an activating group) is 1. The number of aromatic carboxylic acids is 1. The molecule has 0 bridgehead atoms. The quantitative estimate of drug-likeness (QED) is 0.820. The molecule has 1 heterocycles. The van der Waals surface area contributed by atoms with Crippen LogP contribution >= 0.6 is 0 Å². The zero-order valence-electron chi connectivity index (χ0n) is 9.89. The Morgan fingerprint density at radius 2 is 2.06 bits per heavy atom. The largest absolute Gasteiger partial charge is 0.478 e. The summed E-state index contributed by atoms with van der Waals surface area (Å²) < 4.78 is 0. The summed E-state index contributed by atoms with van der Waals surface area (Å²) in [6.07, 6.45) is 1.35. The lowest BCUT2D eigenvalue weighted by molar-refractivity contribution is 0.0523. The van der Waals surface area contributed by atoms with E-state index in [1.54, 1.807) is 24.3 Å². The van der Waals surface area contributed by atoms with Crippen molar-refractivity contribution in [1.82, 2.24) is 4.90 Å². The number of carbonyl (C=O) groups is 1. The molecule has 4 nitrogen and oxygen atoms in total. The normalized spacial score (nSPS) is 25.1. The van der Waals surface area contributed by atoms with Gasteiger partial charge in [0.2, 0.25) is 0 Å². The third-order valence-corrected chi connectivity index (χ3v) is 3.26. The maximum absolute atomic E-state index is 10.7. The molecule has 1 atom stereocenters. The molecule has 0 saturated carbocycles. The summed E-state index contributed by atoms with van der Waals surface area (Å²) in [7, 11) is 1.99. The van der Waals surface area contributed by atoms with Crippen LogP contribution < -0.4 is 0 Å². The smallest absolute Gasteiger partial charge is 0.335 e. The van der Waals surface area contributed by atoms with Gasteiger partial charge in [-0.05, 0) is 31.2 Å². The van der Waals surface area contributed by atoms with Gasteiger partial charge in [0, 0.05) is 19.5 Å². The van der Waals surface area contributed by atoms with Crippen LogP contribution in [0.2, 0.25) is 0 Å². The fourth-order valence-corrected chi connectivity index (χ4v) is 2.35. The molecule has 4 heteroatoms. The Morgan fingerprint density at radius 1 is 1.41 bits per heavy atom. The maximum Gasteiger partial charge on any atom is 0.335 e. The molecule has 17 heavy (non-hydrogen) atoms. The van der Waals surface area contributed by atoms with Gasteiger partial charge in [0.1, 0.15) is 0 Å². The van der Waals surface area contributed by atoms with Crippen molar-refractivity contribution in [3.8, 4) is 0 Å². The van der Waals surface area contributed by atoms with E-state index in [4.69, 9.17) is 5.11 Å². The zero-order chi connectivity index (χ0) is 12.5. The lowest BCUT2D eigenvalue weighted by atomic mass is 9.93. The fourth-order valence-electron chi connectivity index (χ4n) is 2.35. The first-order valence-corrected chi connectivity index (χ1v) is 5.72. The molecule has 0 radical (unpaired) electrons. The standard InChI is InChI=1S/C13H17NO3/c1-14-7-6-13(17,9-14)8-10-2-4-11(5-3-10)12(15)16/h2-5,17H,6-9H2,1H3,(H,15,16). The van der Waals surface area contributed by atoms with Gasteiger partial charge in [-0.15, -0.1) is 0 Å². The van der Waals surface area contributed by atoms with Crippen LogP contribution in [0.1, 0.15) is 22.3 Å². The molecule has 1 aromatic rings.